The molecule has 1 aliphatic heterocycles. The highest BCUT2D eigenvalue weighted by Gasteiger charge is 2.37. The molecule has 1 saturated heterocycles. The summed E-state index contributed by atoms with van der Waals surface area (Å²) in [6.45, 7) is 0.515. The lowest BCUT2D eigenvalue weighted by Crippen LogP contribution is -2.31. The molecule has 1 unspecified atom stereocenters. The average molecular weight is 321 g/mol. The van der Waals surface area contributed by atoms with Gasteiger partial charge in [-0.05, 0) is 30.5 Å². The number of hydrogen-bond acceptors (Lipinski definition) is 4. The molecular weight excluding hydrogens is 302 g/mol. The van der Waals surface area contributed by atoms with Crippen molar-refractivity contribution in [3.63, 3.8) is 0 Å². The van der Waals surface area contributed by atoms with Crippen molar-refractivity contribution in [2.45, 2.75) is 23.9 Å². The van der Waals surface area contributed by atoms with Crippen LogP contribution in [-0.2, 0) is 17.1 Å². The van der Waals surface area contributed by atoms with E-state index in [1.165, 1.54) is 12.5 Å². The fourth-order valence-corrected chi connectivity index (χ4v) is 4.50. The maximum Gasteiger partial charge on any atom is 0.262 e. The summed E-state index contributed by atoms with van der Waals surface area (Å²) in [4.78, 5) is 4.00. The van der Waals surface area contributed by atoms with Crippen molar-refractivity contribution in [1.29, 1.82) is 0 Å². The van der Waals surface area contributed by atoms with Crippen molar-refractivity contribution in [3.8, 4) is 5.75 Å². The minimum atomic E-state index is -3.57. The molecule has 2 heterocycles. The van der Waals surface area contributed by atoms with Crippen LogP contribution in [-0.4, -0.2) is 35.9 Å². The van der Waals surface area contributed by atoms with Gasteiger partial charge in [-0.2, -0.15) is 4.31 Å². The number of sulfonamides is 1. The Morgan fingerprint density at radius 2 is 2.18 bits per heavy atom. The van der Waals surface area contributed by atoms with E-state index in [2.05, 4.69) is 4.98 Å². The Bertz CT molecular complexity index is 770. The summed E-state index contributed by atoms with van der Waals surface area (Å²) in [7, 11) is -0.207. The number of nitrogens with zero attached hydrogens (tertiary/aromatic N) is 3. The van der Waals surface area contributed by atoms with E-state index in [4.69, 9.17) is 4.74 Å². The minimum absolute atomic E-state index is 0.102. The first-order chi connectivity index (χ1) is 10.5. The molecule has 22 heavy (non-hydrogen) atoms. The second-order valence-corrected chi connectivity index (χ2v) is 7.27. The lowest BCUT2D eigenvalue weighted by molar-refractivity contribution is 0.389. The fourth-order valence-electron chi connectivity index (χ4n) is 2.85. The van der Waals surface area contributed by atoms with Crippen LogP contribution in [0.1, 0.15) is 24.4 Å². The first-order valence-electron chi connectivity index (χ1n) is 7.16. The van der Waals surface area contributed by atoms with E-state index < -0.39 is 10.0 Å². The minimum Gasteiger partial charge on any atom is -0.497 e. The van der Waals surface area contributed by atoms with Crippen molar-refractivity contribution in [2.24, 2.45) is 7.05 Å². The molecule has 6 nitrogen and oxygen atoms in total. The van der Waals surface area contributed by atoms with E-state index in [9.17, 15) is 8.42 Å². The number of aromatic nitrogens is 2. The molecule has 1 aliphatic rings. The van der Waals surface area contributed by atoms with E-state index in [1.54, 1.807) is 23.0 Å². The number of ether oxygens (including phenoxy) is 1. The Balaban J connectivity index is 1.96. The maximum absolute atomic E-state index is 12.8. The molecule has 0 amide bonds. The van der Waals surface area contributed by atoms with Gasteiger partial charge < -0.3 is 9.30 Å². The predicted molar refractivity (Wildman–Crippen MR) is 82.1 cm³/mol. The monoisotopic (exact) mass is 321 g/mol. The van der Waals surface area contributed by atoms with Gasteiger partial charge in [0.05, 0.1) is 19.5 Å². The second-order valence-electron chi connectivity index (χ2n) is 5.43. The molecule has 2 aromatic rings. The van der Waals surface area contributed by atoms with Gasteiger partial charge in [0.25, 0.3) is 10.0 Å². The van der Waals surface area contributed by atoms with Crippen LogP contribution in [0.3, 0.4) is 0 Å². The van der Waals surface area contributed by atoms with Gasteiger partial charge in [0.2, 0.25) is 0 Å². The van der Waals surface area contributed by atoms with Crippen molar-refractivity contribution >= 4 is 10.0 Å². The normalized spacial score (nSPS) is 19.5. The number of benzene rings is 1. The lowest BCUT2D eigenvalue weighted by atomic mass is 10.1. The van der Waals surface area contributed by atoms with Crippen LogP contribution >= 0.6 is 0 Å². The van der Waals surface area contributed by atoms with Crippen LogP contribution in [0.2, 0.25) is 0 Å². The highest BCUT2D eigenvalue weighted by molar-refractivity contribution is 7.89. The topological polar surface area (TPSA) is 64.4 Å². The average Bonchev–Trinajstić information content (AvgIpc) is 3.16. The van der Waals surface area contributed by atoms with Crippen LogP contribution < -0.4 is 4.74 Å². The molecule has 0 N–H and O–H groups in total. The number of hydrogen-bond donors (Lipinski definition) is 0. The largest absolute Gasteiger partial charge is 0.497 e. The molecule has 1 atom stereocenters. The Morgan fingerprint density at radius 1 is 1.36 bits per heavy atom. The summed E-state index contributed by atoms with van der Waals surface area (Å²) in [5, 5.41) is 0.102. The van der Waals surface area contributed by atoms with Crippen molar-refractivity contribution in [1.82, 2.24) is 13.9 Å². The van der Waals surface area contributed by atoms with Gasteiger partial charge >= 0.3 is 0 Å². The zero-order valence-corrected chi connectivity index (χ0v) is 13.5. The Morgan fingerprint density at radius 3 is 2.86 bits per heavy atom. The number of aryl methyl sites for hydroxylation is 1. The molecule has 1 fully saturated rings. The number of rotatable bonds is 4. The van der Waals surface area contributed by atoms with Gasteiger partial charge in [-0.25, -0.2) is 13.4 Å². The van der Waals surface area contributed by atoms with Crippen LogP contribution in [0.15, 0.2) is 41.8 Å². The molecule has 0 bridgehead atoms. The Kier molecular flexibility index (Phi) is 3.92. The highest BCUT2D eigenvalue weighted by atomic mass is 32.2. The van der Waals surface area contributed by atoms with Crippen molar-refractivity contribution in [2.75, 3.05) is 13.7 Å². The van der Waals surface area contributed by atoms with Gasteiger partial charge in [-0.1, -0.05) is 12.1 Å². The molecule has 7 heteroatoms. The van der Waals surface area contributed by atoms with Gasteiger partial charge in [0, 0.05) is 19.8 Å². The summed E-state index contributed by atoms with van der Waals surface area (Å²) < 4.78 is 34.0. The van der Waals surface area contributed by atoms with Gasteiger partial charge in [0.1, 0.15) is 5.75 Å². The summed E-state index contributed by atoms with van der Waals surface area (Å²) in [5.74, 6) is 0.736. The fraction of sp³-hybridized carbons (Fsp3) is 0.400. The maximum atomic E-state index is 12.8. The molecule has 0 radical (unpaired) electrons. The predicted octanol–water partition coefficient (Wildman–Crippen LogP) is 1.95. The van der Waals surface area contributed by atoms with Gasteiger partial charge in [0.15, 0.2) is 5.03 Å². The van der Waals surface area contributed by atoms with Crippen LogP contribution in [0, 0.1) is 0 Å². The zero-order valence-electron chi connectivity index (χ0n) is 12.6. The molecule has 0 spiro atoms. The lowest BCUT2D eigenvalue weighted by Gasteiger charge is -2.23. The molecule has 3 rings (SSSR count). The second kappa shape index (κ2) is 5.73. The Labute approximate surface area is 130 Å². The van der Waals surface area contributed by atoms with Crippen molar-refractivity contribution in [3.05, 3.63) is 42.4 Å². The molecular formula is C15H19N3O3S. The summed E-state index contributed by atoms with van der Waals surface area (Å²) >= 11 is 0. The quantitative estimate of drug-likeness (QED) is 0.863. The number of imidazole rings is 1. The van der Waals surface area contributed by atoms with Crippen LogP contribution in [0.25, 0.3) is 0 Å². The van der Waals surface area contributed by atoms with Gasteiger partial charge in [-0.15, -0.1) is 0 Å². The van der Waals surface area contributed by atoms with Crippen molar-refractivity contribution < 1.29 is 13.2 Å². The summed E-state index contributed by atoms with van der Waals surface area (Å²) in [6.07, 6.45) is 4.69. The van der Waals surface area contributed by atoms with E-state index in [1.807, 2.05) is 24.3 Å². The third kappa shape index (κ3) is 2.62. The molecule has 1 aromatic carbocycles. The first kappa shape index (κ1) is 15.1. The van der Waals surface area contributed by atoms with E-state index in [0.717, 1.165) is 24.2 Å². The van der Waals surface area contributed by atoms with Crippen LogP contribution in [0.5, 0.6) is 5.75 Å². The third-order valence-corrected chi connectivity index (χ3v) is 5.73. The van der Waals surface area contributed by atoms with Crippen LogP contribution in [0.4, 0.5) is 0 Å². The van der Waals surface area contributed by atoms with E-state index in [0.29, 0.717) is 6.54 Å². The zero-order chi connectivity index (χ0) is 15.7. The molecule has 0 aliphatic carbocycles. The molecule has 1 aromatic heterocycles. The van der Waals surface area contributed by atoms with E-state index >= 15 is 0 Å². The molecule has 118 valence electrons. The standard InChI is InChI=1S/C15H19N3O3S/c1-17-10-15(16-11-17)22(19,20)18-8-4-7-14(18)12-5-3-6-13(9-12)21-2/h3,5-6,9-11,14H,4,7-8H2,1-2H3. The van der Waals surface area contributed by atoms with E-state index in [-0.39, 0.29) is 11.1 Å². The SMILES string of the molecule is COc1cccc(C2CCCN2S(=O)(=O)c2cn(C)cn2)c1. The first-order valence-corrected chi connectivity index (χ1v) is 8.60. The smallest absolute Gasteiger partial charge is 0.262 e. The summed E-state index contributed by atoms with van der Waals surface area (Å²) in [5.41, 5.74) is 0.955. The number of methoxy groups -OCH3 is 1. The highest BCUT2D eigenvalue weighted by Crippen LogP contribution is 2.37. The molecule has 0 saturated carbocycles. The Hall–Kier alpha value is -1.86. The third-order valence-electron chi connectivity index (χ3n) is 3.94. The van der Waals surface area contributed by atoms with Gasteiger partial charge in [-0.3, -0.25) is 0 Å². The summed E-state index contributed by atoms with van der Waals surface area (Å²) in [6, 6.07) is 7.42.